The lowest BCUT2D eigenvalue weighted by molar-refractivity contribution is 0.967. The van der Waals surface area contributed by atoms with Gasteiger partial charge in [0.05, 0.1) is 0 Å². The third-order valence-electron chi connectivity index (χ3n) is 1.09. The van der Waals surface area contributed by atoms with Gasteiger partial charge in [-0.15, -0.1) is 0 Å². The summed E-state index contributed by atoms with van der Waals surface area (Å²) in [7, 11) is 0. The van der Waals surface area contributed by atoms with Crippen molar-refractivity contribution in [2.75, 3.05) is 0 Å². The van der Waals surface area contributed by atoms with Gasteiger partial charge in [0, 0.05) is 6.21 Å². The molecule has 1 nitrogen and oxygen atoms in total. The first-order valence-corrected chi connectivity index (χ1v) is 3.00. The van der Waals surface area contributed by atoms with E-state index in [9.17, 15) is 0 Å². The molecule has 1 unspecified atom stereocenters. The van der Waals surface area contributed by atoms with Gasteiger partial charge in [0.2, 0.25) is 0 Å². The Labute approximate surface area is 55.5 Å². The molecular formula is C8H9N. The van der Waals surface area contributed by atoms with Crippen molar-refractivity contribution in [1.29, 1.82) is 0 Å². The summed E-state index contributed by atoms with van der Waals surface area (Å²) in [6, 6.07) is 0.165. The van der Waals surface area contributed by atoms with Crippen molar-refractivity contribution in [1.82, 2.24) is 0 Å². The van der Waals surface area contributed by atoms with Crippen LogP contribution >= 0.6 is 0 Å². The van der Waals surface area contributed by atoms with Crippen molar-refractivity contribution in [3.63, 3.8) is 0 Å². The average Bonchev–Trinajstić information content (AvgIpc) is 1.97. The van der Waals surface area contributed by atoms with Crippen LogP contribution in [-0.2, 0) is 0 Å². The molecule has 1 aliphatic heterocycles. The second-order valence-corrected chi connectivity index (χ2v) is 2.13. The Morgan fingerprint density at radius 1 is 1.67 bits per heavy atom. The van der Waals surface area contributed by atoms with E-state index in [1.165, 1.54) is 0 Å². The normalized spacial score (nSPS) is 23.8. The van der Waals surface area contributed by atoms with Crippen LogP contribution in [0.2, 0.25) is 0 Å². The van der Waals surface area contributed by atoms with Crippen LogP contribution in [0.1, 0.15) is 13.8 Å². The predicted octanol–water partition coefficient (Wildman–Crippen LogP) is 1.41. The summed E-state index contributed by atoms with van der Waals surface area (Å²) >= 11 is 0. The molecule has 0 aliphatic carbocycles. The van der Waals surface area contributed by atoms with Gasteiger partial charge in [0.1, 0.15) is 6.04 Å². The number of rotatable bonds is 0. The van der Waals surface area contributed by atoms with E-state index in [0.717, 1.165) is 5.57 Å². The van der Waals surface area contributed by atoms with Crippen LogP contribution in [0.3, 0.4) is 0 Å². The minimum atomic E-state index is 0.165. The summed E-state index contributed by atoms with van der Waals surface area (Å²) in [5, 5.41) is 0. The Hall–Kier alpha value is -1.03. The van der Waals surface area contributed by atoms with Gasteiger partial charge in [-0.25, -0.2) is 0 Å². The predicted molar refractivity (Wildman–Crippen MR) is 39.5 cm³/mol. The van der Waals surface area contributed by atoms with Crippen LogP contribution in [0.5, 0.6) is 0 Å². The fourth-order valence-corrected chi connectivity index (χ4v) is 0.580. The first-order chi connectivity index (χ1) is 4.29. The molecule has 0 radical (unpaired) electrons. The molecule has 0 spiro atoms. The number of hydrogen-bond acceptors (Lipinski definition) is 1. The second-order valence-electron chi connectivity index (χ2n) is 2.13. The van der Waals surface area contributed by atoms with E-state index in [4.69, 9.17) is 0 Å². The van der Waals surface area contributed by atoms with E-state index in [1.54, 1.807) is 0 Å². The molecule has 0 bridgehead atoms. The van der Waals surface area contributed by atoms with Gasteiger partial charge in [0.25, 0.3) is 0 Å². The van der Waals surface area contributed by atoms with Crippen LogP contribution in [0.4, 0.5) is 0 Å². The minimum Gasteiger partial charge on any atom is -0.277 e. The molecule has 0 saturated heterocycles. The lowest BCUT2D eigenvalue weighted by Crippen LogP contribution is -1.90. The molecule has 0 fully saturated rings. The maximum Gasteiger partial charge on any atom is 0.108 e. The van der Waals surface area contributed by atoms with E-state index in [-0.39, 0.29) is 6.04 Å². The van der Waals surface area contributed by atoms with E-state index in [0.29, 0.717) is 0 Å². The summed E-state index contributed by atoms with van der Waals surface area (Å²) in [6.45, 7) is 3.98. The first kappa shape index (κ1) is 6.10. The van der Waals surface area contributed by atoms with E-state index in [2.05, 4.69) is 16.8 Å². The summed E-state index contributed by atoms with van der Waals surface area (Å²) < 4.78 is 0. The summed E-state index contributed by atoms with van der Waals surface area (Å²) in [5.74, 6) is 5.86. The molecule has 0 aromatic rings. The van der Waals surface area contributed by atoms with Gasteiger partial charge in [-0.05, 0) is 25.5 Å². The van der Waals surface area contributed by atoms with Crippen LogP contribution in [0.15, 0.2) is 16.6 Å². The van der Waals surface area contributed by atoms with Crippen LogP contribution in [-0.4, -0.2) is 12.3 Å². The molecule has 0 amide bonds. The maximum absolute atomic E-state index is 4.14. The van der Waals surface area contributed by atoms with E-state index in [1.807, 2.05) is 26.1 Å². The highest BCUT2D eigenvalue weighted by Crippen LogP contribution is 1.94. The van der Waals surface area contributed by atoms with Gasteiger partial charge in [-0.3, -0.25) is 4.99 Å². The van der Waals surface area contributed by atoms with Crippen molar-refractivity contribution >= 4 is 6.21 Å². The van der Waals surface area contributed by atoms with Crippen molar-refractivity contribution in [3.8, 4) is 11.8 Å². The SMILES string of the molecule is CC1=CC#CC(C)N=C1. The third kappa shape index (κ3) is 1.73. The number of allylic oxidation sites excluding steroid dienone is 2. The van der Waals surface area contributed by atoms with Crippen molar-refractivity contribution < 1.29 is 0 Å². The molecule has 1 atom stereocenters. The maximum atomic E-state index is 4.14. The van der Waals surface area contributed by atoms with Crippen molar-refractivity contribution in [2.24, 2.45) is 4.99 Å². The monoisotopic (exact) mass is 119 g/mol. The van der Waals surface area contributed by atoms with Gasteiger partial charge >= 0.3 is 0 Å². The highest BCUT2D eigenvalue weighted by atomic mass is 14.7. The molecule has 1 heterocycles. The number of hydrogen-bond donors (Lipinski definition) is 0. The third-order valence-corrected chi connectivity index (χ3v) is 1.09. The highest BCUT2D eigenvalue weighted by Gasteiger charge is 1.91. The minimum absolute atomic E-state index is 0.165. The first-order valence-electron chi connectivity index (χ1n) is 3.00. The zero-order valence-electron chi connectivity index (χ0n) is 5.68. The summed E-state index contributed by atoms with van der Waals surface area (Å²) in [5.41, 5.74) is 1.13. The van der Waals surface area contributed by atoms with Gasteiger partial charge in [-0.1, -0.05) is 11.8 Å². The van der Waals surface area contributed by atoms with Crippen LogP contribution in [0, 0.1) is 11.8 Å². The Bertz CT molecular complexity index is 212. The molecule has 0 N–H and O–H groups in total. The zero-order valence-corrected chi connectivity index (χ0v) is 5.68. The fourth-order valence-electron chi connectivity index (χ4n) is 0.580. The van der Waals surface area contributed by atoms with Crippen molar-refractivity contribution in [2.45, 2.75) is 19.9 Å². The highest BCUT2D eigenvalue weighted by molar-refractivity contribution is 5.79. The zero-order chi connectivity index (χ0) is 6.69. The number of aliphatic imine (C=N–C) groups is 1. The molecule has 1 heteroatoms. The lowest BCUT2D eigenvalue weighted by Gasteiger charge is -1.89. The van der Waals surface area contributed by atoms with Crippen molar-refractivity contribution in [3.05, 3.63) is 11.6 Å². The van der Waals surface area contributed by atoms with Crippen LogP contribution < -0.4 is 0 Å². The fraction of sp³-hybridized carbons (Fsp3) is 0.375. The Morgan fingerprint density at radius 3 is 3.22 bits per heavy atom. The molecule has 0 aromatic heterocycles. The summed E-state index contributed by atoms with van der Waals surface area (Å²) in [6.07, 6.45) is 3.73. The lowest BCUT2D eigenvalue weighted by atomic mass is 10.3. The molecule has 1 aliphatic rings. The molecule has 46 valence electrons. The van der Waals surface area contributed by atoms with Gasteiger partial charge < -0.3 is 0 Å². The molecule has 9 heavy (non-hydrogen) atoms. The van der Waals surface area contributed by atoms with E-state index < -0.39 is 0 Å². The molecule has 0 aromatic carbocycles. The molecular weight excluding hydrogens is 110 g/mol. The topological polar surface area (TPSA) is 12.4 Å². The summed E-state index contributed by atoms with van der Waals surface area (Å²) in [4.78, 5) is 4.14. The Kier molecular flexibility index (Phi) is 1.69. The van der Waals surface area contributed by atoms with Crippen LogP contribution in [0.25, 0.3) is 0 Å². The average molecular weight is 119 g/mol. The quantitative estimate of drug-likeness (QED) is 0.427. The molecule has 0 saturated carbocycles. The van der Waals surface area contributed by atoms with E-state index >= 15 is 0 Å². The van der Waals surface area contributed by atoms with Gasteiger partial charge in [0.15, 0.2) is 0 Å². The van der Waals surface area contributed by atoms with Gasteiger partial charge in [-0.2, -0.15) is 0 Å². The Balaban J connectivity index is 2.82. The standard InChI is InChI=1S/C8H9N/c1-7-4-3-5-8(2)9-6-7/h4,6,8H,1-2H3. The molecule has 1 rings (SSSR count). The Morgan fingerprint density at radius 2 is 2.44 bits per heavy atom. The second kappa shape index (κ2) is 2.50. The smallest absolute Gasteiger partial charge is 0.108 e. The number of nitrogens with zero attached hydrogens (tertiary/aromatic N) is 1. The largest absolute Gasteiger partial charge is 0.277 e.